The van der Waals surface area contributed by atoms with Crippen molar-refractivity contribution in [3.63, 3.8) is 0 Å². The summed E-state index contributed by atoms with van der Waals surface area (Å²) in [6.45, 7) is 1.70. The molecule has 1 aromatic heterocycles. The molecule has 0 bridgehead atoms. The van der Waals surface area contributed by atoms with Crippen LogP contribution in [-0.4, -0.2) is 45.2 Å². The topological polar surface area (TPSA) is 108 Å². The van der Waals surface area contributed by atoms with Gasteiger partial charge in [0.2, 0.25) is 10.0 Å². The second kappa shape index (κ2) is 8.28. The molecule has 2 atom stereocenters. The van der Waals surface area contributed by atoms with Crippen LogP contribution in [0.5, 0.6) is 0 Å². The fraction of sp³-hybridized carbons (Fsp3) is 0.353. The minimum absolute atomic E-state index is 0.0432. The molecule has 2 aromatic rings. The van der Waals surface area contributed by atoms with E-state index >= 15 is 0 Å². The van der Waals surface area contributed by atoms with E-state index in [1.54, 1.807) is 12.1 Å². The number of amides is 1. The van der Waals surface area contributed by atoms with Gasteiger partial charge in [-0.15, -0.1) is 11.3 Å². The SMILES string of the molecule is O=C(NCC1CNCC1O)c1cccc(S(=O)(=O)NCc2cccs2)c1. The van der Waals surface area contributed by atoms with E-state index in [1.807, 2.05) is 17.5 Å². The van der Waals surface area contributed by atoms with Crippen LogP contribution in [0.3, 0.4) is 0 Å². The van der Waals surface area contributed by atoms with Crippen molar-refractivity contribution in [3.8, 4) is 0 Å². The first kappa shape index (κ1) is 19.0. The normalized spacial score (nSPS) is 20.2. The van der Waals surface area contributed by atoms with E-state index in [-0.39, 0.29) is 28.8 Å². The number of β-amino-alcohol motifs (C(OH)–C–C–N with tert-alkyl or cyclic N) is 1. The molecule has 1 aliphatic heterocycles. The first-order valence-electron chi connectivity index (χ1n) is 8.25. The molecule has 1 aromatic carbocycles. The van der Waals surface area contributed by atoms with Crippen molar-refractivity contribution in [3.05, 3.63) is 52.2 Å². The number of sulfonamides is 1. The number of rotatable bonds is 7. The third-order valence-corrected chi connectivity index (χ3v) is 6.53. The highest BCUT2D eigenvalue weighted by molar-refractivity contribution is 7.89. The molecule has 2 unspecified atom stereocenters. The predicted molar refractivity (Wildman–Crippen MR) is 99.5 cm³/mol. The Balaban J connectivity index is 1.63. The molecule has 1 fully saturated rings. The molecule has 1 amide bonds. The molecule has 4 N–H and O–H groups in total. The quantitative estimate of drug-likeness (QED) is 0.547. The number of aliphatic hydroxyl groups is 1. The zero-order valence-electron chi connectivity index (χ0n) is 14.0. The van der Waals surface area contributed by atoms with E-state index in [1.165, 1.54) is 23.5 Å². The van der Waals surface area contributed by atoms with Crippen molar-refractivity contribution in [2.75, 3.05) is 19.6 Å². The van der Waals surface area contributed by atoms with Gasteiger partial charge in [-0.05, 0) is 29.6 Å². The van der Waals surface area contributed by atoms with Gasteiger partial charge in [0.25, 0.3) is 5.91 Å². The third kappa shape index (κ3) is 4.68. The van der Waals surface area contributed by atoms with Gasteiger partial charge in [0.15, 0.2) is 0 Å². The first-order valence-corrected chi connectivity index (χ1v) is 10.6. The second-order valence-corrected chi connectivity index (χ2v) is 8.93. The number of benzene rings is 1. The van der Waals surface area contributed by atoms with Crippen molar-refractivity contribution in [1.82, 2.24) is 15.4 Å². The van der Waals surface area contributed by atoms with Gasteiger partial charge in [-0.1, -0.05) is 12.1 Å². The van der Waals surface area contributed by atoms with E-state index in [0.29, 0.717) is 19.6 Å². The lowest BCUT2D eigenvalue weighted by Crippen LogP contribution is -2.34. The largest absolute Gasteiger partial charge is 0.391 e. The van der Waals surface area contributed by atoms with Gasteiger partial charge in [0.1, 0.15) is 0 Å². The summed E-state index contributed by atoms with van der Waals surface area (Å²) in [5.74, 6) is -0.405. The van der Waals surface area contributed by atoms with Crippen molar-refractivity contribution >= 4 is 27.3 Å². The fourth-order valence-electron chi connectivity index (χ4n) is 2.72. The first-order chi connectivity index (χ1) is 12.5. The Morgan fingerprint density at radius 1 is 1.27 bits per heavy atom. The highest BCUT2D eigenvalue weighted by atomic mass is 32.2. The van der Waals surface area contributed by atoms with Gasteiger partial charge in [0.05, 0.1) is 11.0 Å². The molecular formula is C17H21N3O4S2. The van der Waals surface area contributed by atoms with Crippen LogP contribution in [-0.2, 0) is 16.6 Å². The molecule has 0 aliphatic carbocycles. The lowest BCUT2D eigenvalue weighted by Gasteiger charge is -2.14. The summed E-state index contributed by atoms with van der Waals surface area (Å²) in [5, 5.41) is 17.4. The Bertz CT molecular complexity index is 853. The van der Waals surface area contributed by atoms with Crippen LogP contribution < -0.4 is 15.4 Å². The number of aliphatic hydroxyl groups excluding tert-OH is 1. The minimum Gasteiger partial charge on any atom is -0.391 e. The van der Waals surface area contributed by atoms with Gasteiger partial charge < -0.3 is 15.7 Å². The summed E-state index contributed by atoms with van der Waals surface area (Å²) in [5.41, 5.74) is 0.268. The average molecular weight is 396 g/mol. The molecule has 1 aliphatic rings. The van der Waals surface area contributed by atoms with E-state index in [4.69, 9.17) is 0 Å². The molecule has 0 radical (unpaired) electrons. The van der Waals surface area contributed by atoms with Gasteiger partial charge in [0, 0.05) is 42.5 Å². The number of thiophene rings is 1. The summed E-state index contributed by atoms with van der Waals surface area (Å²) < 4.78 is 27.4. The molecule has 9 heteroatoms. The third-order valence-electron chi connectivity index (χ3n) is 4.25. The highest BCUT2D eigenvalue weighted by Crippen LogP contribution is 2.14. The maximum Gasteiger partial charge on any atom is 0.251 e. The van der Waals surface area contributed by atoms with E-state index in [0.717, 1.165) is 4.88 Å². The molecule has 3 rings (SSSR count). The predicted octanol–water partition coefficient (Wildman–Crippen LogP) is 0.537. The van der Waals surface area contributed by atoms with Crippen molar-refractivity contribution in [1.29, 1.82) is 0 Å². The monoisotopic (exact) mass is 395 g/mol. The molecule has 140 valence electrons. The lowest BCUT2D eigenvalue weighted by molar-refractivity contribution is 0.0927. The number of carbonyl (C=O) groups excluding carboxylic acids is 1. The smallest absolute Gasteiger partial charge is 0.251 e. The van der Waals surface area contributed by atoms with E-state index in [9.17, 15) is 18.3 Å². The van der Waals surface area contributed by atoms with Crippen molar-refractivity contribution in [2.45, 2.75) is 17.5 Å². The molecular weight excluding hydrogens is 374 g/mol. The van der Waals surface area contributed by atoms with Crippen LogP contribution in [0.15, 0.2) is 46.7 Å². The number of nitrogens with one attached hydrogen (secondary N) is 3. The molecule has 0 saturated carbocycles. The van der Waals surface area contributed by atoms with Gasteiger partial charge >= 0.3 is 0 Å². The number of hydrogen-bond donors (Lipinski definition) is 4. The number of carbonyl (C=O) groups is 1. The number of hydrogen-bond acceptors (Lipinski definition) is 6. The Labute approximate surface area is 156 Å². The standard InChI is InChI=1S/C17H21N3O4S2/c21-16-11-18-8-13(16)9-19-17(22)12-3-1-5-15(7-12)26(23,24)20-10-14-4-2-6-25-14/h1-7,13,16,18,20-21H,8-11H2,(H,19,22). The maximum atomic E-state index is 12.4. The summed E-state index contributed by atoms with van der Waals surface area (Å²) in [6, 6.07) is 9.63. The Morgan fingerprint density at radius 3 is 2.81 bits per heavy atom. The summed E-state index contributed by atoms with van der Waals surface area (Å²) >= 11 is 1.47. The van der Waals surface area contributed by atoms with Crippen LogP contribution in [0.2, 0.25) is 0 Å². The van der Waals surface area contributed by atoms with Crippen LogP contribution >= 0.6 is 11.3 Å². The maximum absolute atomic E-state index is 12.4. The lowest BCUT2D eigenvalue weighted by atomic mass is 10.1. The van der Waals surface area contributed by atoms with Gasteiger partial charge in [-0.25, -0.2) is 13.1 Å². The van der Waals surface area contributed by atoms with Gasteiger partial charge in [-0.3, -0.25) is 4.79 Å². The summed E-state index contributed by atoms with van der Waals surface area (Å²) in [7, 11) is -3.71. The minimum atomic E-state index is -3.71. The van der Waals surface area contributed by atoms with Crippen molar-refractivity contribution in [2.24, 2.45) is 5.92 Å². The van der Waals surface area contributed by atoms with Gasteiger partial charge in [-0.2, -0.15) is 0 Å². The van der Waals surface area contributed by atoms with Crippen molar-refractivity contribution < 1.29 is 18.3 Å². The molecule has 0 spiro atoms. The van der Waals surface area contributed by atoms with Crippen LogP contribution in [0.4, 0.5) is 0 Å². The van der Waals surface area contributed by atoms with E-state index < -0.39 is 16.1 Å². The molecule has 26 heavy (non-hydrogen) atoms. The van der Waals surface area contributed by atoms with Crippen LogP contribution in [0, 0.1) is 5.92 Å². The summed E-state index contributed by atoms with van der Waals surface area (Å²) in [6.07, 6.45) is -0.483. The molecule has 7 nitrogen and oxygen atoms in total. The molecule has 2 heterocycles. The Morgan fingerprint density at radius 2 is 2.12 bits per heavy atom. The zero-order valence-corrected chi connectivity index (χ0v) is 15.6. The Kier molecular flexibility index (Phi) is 6.05. The zero-order chi connectivity index (χ0) is 18.6. The highest BCUT2D eigenvalue weighted by Gasteiger charge is 2.25. The fourth-order valence-corrected chi connectivity index (χ4v) is 4.51. The second-order valence-electron chi connectivity index (χ2n) is 6.13. The van der Waals surface area contributed by atoms with Crippen LogP contribution in [0.1, 0.15) is 15.2 Å². The summed E-state index contributed by atoms with van der Waals surface area (Å²) in [4.78, 5) is 13.3. The van der Waals surface area contributed by atoms with E-state index in [2.05, 4.69) is 15.4 Å². The average Bonchev–Trinajstić information content (AvgIpc) is 3.30. The Hall–Kier alpha value is -1.78. The van der Waals surface area contributed by atoms with Crippen LogP contribution in [0.25, 0.3) is 0 Å². The molecule has 1 saturated heterocycles.